The molecule has 1 N–H and O–H groups in total. The van der Waals surface area contributed by atoms with E-state index in [9.17, 15) is 14.7 Å². The van der Waals surface area contributed by atoms with Gasteiger partial charge in [-0.1, -0.05) is 60.7 Å². The van der Waals surface area contributed by atoms with Crippen LogP contribution in [0.1, 0.15) is 28.3 Å². The summed E-state index contributed by atoms with van der Waals surface area (Å²) >= 11 is 0. The number of amides is 1. The Kier molecular flexibility index (Phi) is 5.61. The molecule has 1 aliphatic heterocycles. The average Bonchev–Trinajstić information content (AvgIpc) is 3.15. The molecule has 0 aliphatic carbocycles. The molecule has 4 aromatic rings. The van der Waals surface area contributed by atoms with Crippen molar-refractivity contribution in [2.75, 3.05) is 12.0 Å². The lowest BCUT2D eigenvalue weighted by Crippen LogP contribution is -2.30. The first-order chi connectivity index (χ1) is 16.9. The lowest BCUT2D eigenvalue weighted by atomic mass is 9.94. The average molecular weight is 464 g/mol. The summed E-state index contributed by atoms with van der Waals surface area (Å²) in [5.41, 5.74) is 3.81. The number of ether oxygens (including phenoxy) is 1. The van der Waals surface area contributed by atoms with Crippen LogP contribution in [0.25, 0.3) is 16.5 Å². The molecule has 174 valence electrons. The van der Waals surface area contributed by atoms with Crippen molar-refractivity contribution in [3.63, 3.8) is 0 Å². The quantitative estimate of drug-likeness (QED) is 0.226. The Morgan fingerprint density at radius 3 is 2.29 bits per heavy atom. The van der Waals surface area contributed by atoms with E-state index in [1.54, 1.807) is 25.3 Å². The number of carbonyl (C=O) groups is 2. The van der Waals surface area contributed by atoms with Crippen LogP contribution in [0.15, 0.2) is 90.5 Å². The standard InChI is InChI=1S/C30H25NO4/c1-18-7-6-10-25(19(18)2)31-27(21-13-15-24(35-3)16-14-21)26(29(33)30(31)34)28(32)23-12-11-20-8-4-5-9-22(20)17-23/h4-17,27,32H,1-3H3/b28-26-. The van der Waals surface area contributed by atoms with Crippen molar-refractivity contribution >= 4 is 33.9 Å². The SMILES string of the molecule is COc1ccc(C2/C(=C(/O)c3ccc4ccccc4c3)C(=O)C(=O)N2c2cccc(C)c2C)cc1. The molecule has 4 aromatic carbocycles. The van der Waals surface area contributed by atoms with Crippen LogP contribution in [0.4, 0.5) is 5.69 Å². The highest BCUT2D eigenvalue weighted by molar-refractivity contribution is 6.51. The number of aryl methyl sites for hydroxylation is 1. The largest absolute Gasteiger partial charge is 0.507 e. The molecule has 0 radical (unpaired) electrons. The maximum absolute atomic E-state index is 13.4. The first-order valence-corrected chi connectivity index (χ1v) is 11.4. The molecule has 1 amide bonds. The van der Waals surface area contributed by atoms with E-state index < -0.39 is 17.7 Å². The lowest BCUT2D eigenvalue weighted by molar-refractivity contribution is -0.132. The van der Waals surface area contributed by atoms with Crippen LogP contribution < -0.4 is 9.64 Å². The summed E-state index contributed by atoms with van der Waals surface area (Å²) in [5, 5.41) is 13.4. The normalized spacial score (nSPS) is 17.2. The van der Waals surface area contributed by atoms with E-state index in [1.165, 1.54) is 4.90 Å². The highest BCUT2D eigenvalue weighted by Gasteiger charge is 2.47. The van der Waals surface area contributed by atoms with Gasteiger partial charge in [0.15, 0.2) is 0 Å². The third-order valence-corrected chi connectivity index (χ3v) is 6.73. The monoisotopic (exact) mass is 463 g/mol. The van der Waals surface area contributed by atoms with E-state index in [2.05, 4.69) is 0 Å². The molecule has 1 fully saturated rings. The molecule has 5 nitrogen and oxygen atoms in total. The fourth-order valence-corrected chi connectivity index (χ4v) is 4.67. The third-order valence-electron chi connectivity index (χ3n) is 6.73. The predicted molar refractivity (Wildman–Crippen MR) is 138 cm³/mol. The lowest BCUT2D eigenvalue weighted by Gasteiger charge is -2.27. The van der Waals surface area contributed by atoms with Gasteiger partial charge in [-0.3, -0.25) is 14.5 Å². The van der Waals surface area contributed by atoms with E-state index in [-0.39, 0.29) is 11.3 Å². The molecule has 1 atom stereocenters. The molecule has 0 aromatic heterocycles. The number of rotatable bonds is 4. The molecule has 0 spiro atoms. The number of fused-ring (bicyclic) bond motifs is 1. The number of benzene rings is 4. The van der Waals surface area contributed by atoms with Gasteiger partial charge in [-0.2, -0.15) is 0 Å². The van der Waals surface area contributed by atoms with Gasteiger partial charge in [0, 0.05) is 11.3 Å². The van der Waals surface area contributed by atoms with Gasteiger partial charge in [0.25, 0.3) is 11.7 Å². The maximum Gasteiger partial charge on any atom is 0.300 e. The molecule has 1 saturated heterocycles. The number of nitrogens with zero attached hydrogens (tertiary/aromatic N) is 1. The van der Waals surface area contributed by atoms with E-state index in [1.807, 2.05) is 80.6 Å². The number of hydrogen-bond donors (Lipinski definition) is 1. The summed E-state index contributed by atoms with van der Waals surface area (Å²) in [4.78, 5) is 28.4. The number of anilines is 1. The van der Waals surface area contributed by atoms with Crippen LogP contribution >= 0.6 is 0 Å². The Balaban J connectivity index is 1.74. The Bertz CT molecular complexity index is 1500. The number of aliphatic hydroxyl groups is 1. The van der Waals surface area contributed by atoms with Crippen LogP contribution in [0.2, 0.25) is 0 Å². The first-order valence-electron chi connectivity index (χ1n) is 11.4. The van der Waals surface area contributed by atoms with E-state index >= 15 is 0 Å². The van der Waals surface area contributed by atoms with Crippen LogP contribution in [0, 0.1) is 13.8 Å². The molecule has 0 saturated carbocycles. The minimum atomic E-state index is -0.784. The van der Waals surface area contributed by atoms with Gasteiger partial charge in [0.05, 0.1) is 18.7 Å². The zero-order chi connectivity index (χ0) is 24.7. The molecule has 1 heterocycles. The van der Waals surface area contributed by atoms with Crippen molar-refractivity contribution in [1.29, 1.82) is 0 Å². The Labute approximate surface area is 203 Å². The highest BCUT2D eigenvalue weighted by Crippen LogP contribution is 2.44. The number of Topliss-reactive ketones (excluding diaryl/α,β-unsaturated/α-hetero) is 1. The number of carbonyl (C=O) groups excluding carboxylic acids is 2. The second kappa shape index (κ2) is 8.76. The van der Waals surface area contributed by atoms with Gasteiger partial charge in [0.1, 0.15) is 11.5 Å². The summed E-state index contributed by atoms with van der Waals surface area (Å²) in [7, 11) is 1.58. The molecule has 35 heavy (non-hydrogen) atoms. The molecule has 1 aliphatic rings. The molecule has 5 rings (SSSR count). The van der Waals surface area contributed by atoms with Gasteiger partial charge in [-0.15, -0.1) is 0 Å². The summed E-state index contributed by atoms with van der Waals surface area (Å²) in [6.07, 6.45) is 0. The van der Waals surface area contributed by atoms with Gasteiger partial charge < -0.3 is 9.84 Å². The van der Waals surface area contributed by atoms with Crippen molar-refractivity contribution in [1.82, 2.24) is 0 Å². The van der Waals surface area contributed by atoms with E-state index in [0.717, 1.165) is 21.9 Å². The fourth-order valence-electron chi connectivity index (χ4n) is 4.67. The van der Waals surface area contributed by atoms with Crippen molar-refractivity contribution < 1.29 is 19.4 Å². The summed E-state index contributed by atoms with van der Waals surface area (Å²) in [6.45, 7) is 3.89. The Morgan fingerprint density at radius 2 is 1.57 bits per heavy atom. The smallest absolute Gasteiger partial charge is 0.300 e. The summed E-state index contributed by atoms with van der Waals surface area (Å²) < 4.78 is 5.30. The van der Waals surface area contributed by atoms with Gasteiger partial charge in [0.2, 0.25) is 0 Å². The first kappa shape index (κ1) is 22.4. The molecular formula is C30H25NO4. The van der Waals surface area contributed by atoms with Gasteiger partial charge in [-0.25, -0.2) is 0 Å². The Hall–Kier alpha value is -4.38. The summed E-state index contributed by atoms with van der Waals surface area (Å²) in [6, 6.07) is 25.4. The fraction of sp³-hybridized carbons (Fsp3) is 0.133. The number of aliphatic hydroxyl groups excluding tert-OH is 1. The van der Waals surface area contributed by atoms with Crippen molar-refractivity contribution in [3.8, 4) is 5.75 Å². The zero-order valence-corrected chi connectivity index (χ0v) is 19.8. The van der Waals surface area contributed by atoms with Gasteiger partial charge >= 0.3 is 0 Å². The minimum Gasteiger partial charge on any atom is -0.507 e. The molecule has 5 heteroatoms. The molecular weight excluding hydrogens is 438 g/mol. The van der Waals surface area contributed by atoms with E-state index in [0.29, 0.717) is 22.6 Å². The second-order valence-electron chi connectivity index (χ2n) is 8.72. The second-order valence-corrected chi connectivity index (χ2v) is 8.72. The van der Waals surface area contributed by atoms with Crippen LogP contribution in [0.3, 0.4) is 0 Å². The highest BCUT2D eigenvalue weighted by atomic mass is 16.5. The van der Waals surface area contributed by atoms with Crippen LogP contribution in [0.5, 0.6) is 5.75 Å². The van der Waals surface area contributed by atoms with E-state index in [4.69, 9.17) is 4.74 Å². The predicted octanol–water partition coefficient (Wildman–Crippen LogP) is 6.09. The third kappa shape index (κ3) is 3.75. The topological polar surface area (TPSA) is 66.8 Å². The zero-order valence-electron chi connectivity index (χ0n) is 19.8. The number of methoxy groups -OCH3 is 1. The number of hydrogen-bond acceptors (Lipinski definition) is 4. The Morgan fingerprint density at radius 1 is 0.857 bits per heavy atom. The van der Waals surface area contributed by atoms with Crippen molar-refractivity contribution in [2.24, 2.45) is 0 Å². The number of ketones is 1. The minimum absolute atomic E-state index is 0.0661. The van der Waals surface area contributed by atoms with Crippen LogP contribution in [-0.4, -0.2) is 23.9 Å². The molecule has 1 unspecified atom stereocenters. The van der Waals surface area contributed by atoms with Gasteiger partial charge in [-0.05, 0) is 65.6 Å². The van der Waals surface area contributed by atoms with Crippen molar-refractivity contribution in [3.05, 3.63) is 113 Å². The van der Waals surface area contributed by atoms with Crippen molar-refractivity contribution in [2.45, 2.75) is 19.9 Å². The maximum atomic E-state index is 13.4. The molecule has 0 bridgehead atoms. The van der Waals surface area contributed by atoms with Crippen LogP contribution in [-0.2, 0) is 9.59 Å². The summed E-state index contributed by atoms with van der Waals surface area (Å²) in [5.74, 6) is -0.908.